The fourth-order valence-corrected chi connectivity index (χ4v) is 10.7. The maximum atomic E-state index is 14.9. The van der Waals surface area contributed by atoms with Crippen molar-refractivity contribution in [2.75, 3.05) is 45.7 Å². The monoisotopic (exact) mass is 909 g/mol. The Morgan fingerprint density at radius 2 is 1.87 bits per heavy atom. The van der Waals surface area contributed by atoms with Crippen LogP contribution in [0, 0.1) is 11.8 Å². The van der Waals surface area contributed by atoms with Crippen LogP contribution in [-0.4, -0.2) is 137 Å². The van der Waals surface area contributed by atoms with Crippen molar-refractivity contribution in [3.8, 4) is 22.9 Å². The number of hydrogen-bond acceptors (Lipinski definition) is 12. The number of benzene rings is 1. The molecule has 2 saturated heterocycles. The highest BCUT2D eigenvalue weighted by atomic mass is 32.2. The Labute approximate surface area is 372 Å². The van der Waals surface area contributed by atoms with Gasteiger partial charge in [0.05, 0.1) is 24.9 Å². The van der Waals surface area contributed by atoms with Crippen LogP contribution in [-0.2, 0) is 24.6 Å². The number of fused-ring (bicyclic) bond motifs is 3. The predicted octanol–water partition coefficient (Wildman–Crippen LogP) is 4.20. The molecule has 342 valence electrons. The number of urea groups is 1. The molecule has 4 amide bonds. The maximum Gasteiger partial charge on any atom is 0.330 e. The number of ether oxygens (including phenoxy) is 2. The highest BCUT2D eigenvalue weighted by Crippen LogP contribution is 2.45. The first-order valence-corrected chi connectivity index (χ1v) is 24.0. The van der Waals surface area contributed by atoms with E-state index < -0.39 is 69.7 Å². The van der Waals surface area contributed by atoms with Gasteiger partial charge < -0.3 is 40.7 Å². The number of aliphatic carboxylic acids is 1. The van der Waals surface area contributed by atoms with E-state index >= 15 is 0 Å². The number of amides is 4. The van der Waals surface area contributed by atoms with Gasteiger partial charge in [-0.2, -0.15) is 17.0 Å². The quantitative estimate of drug-likeness (QED) is 0.161. The topological polar surface area (TPSA) is 225 Å². The molecule has 0 spiro atoms. The van der Waals surface area contributed by atoms with Crippen molar-refractivity contribution < 1.29 is 42.2 Å². The van der Waals surface area contributed by atoms with Gasteiger partial charge in [0.2, 0.25) is 11.8 Å². The van der Waals surface area contributed by atoms with Crippen molar-refractivity contribution in [3.63, 3.8) is 0 Å². The lowest BCUT2D eigenvalue weighted by atomic mass is 10.0. The minimum Gasteiger partial charge on any atom is -0.497 e. The van der Waals surface area contributed by atoms with Gasteiger partial charge in [-0.15, -0.1) is 11.3 Å². The van der Waals surface area contributed by atoms with Crippen LogP contribution in [0.25, 0.3) is 22.3 Å². The average Bonchev–Trinajstić information content (AvgIpc) is 3.46. The molecule has 7 rings (SSSR count). The number of carbonyl (C=O) groups excluding carboxylic acids is 3. The van der Waals surface area contributed by atoms with E-state index in [-0.39, 0.29) is 44.3 Å². The summed E-state index contributed by atoms with van der Waals surface area (Å²) in [6.45, 7) is 8.46. The van der Waals surface area contributed by atoms with Crippen LogP contribution >= 0.6 is 11.3 Å². The SMILES string of the molecule is COc1ccc2c(O[C@@H]3C[C@H]4C(=O)N[C@]5(C(=O)O)CC5/C=C\CCCCC[C@@H](NC(=O)N[C@H](CN5CCN(C)S5(=O)=O)C(C)C)C(=O)N4C3)cc(-c3csc(NC(C)C)n3)nc2c1. The van der Waals surface area contributed by atoms with Crippen LogP contribution in [0.1, 0.15) is 72.6 Å². The number of nitrogens with zero attached hydrogens (tertiary/aromatic N) is 5. The van der Waals surface area contributed by atoms with Crippen LogP contribution in [0.4, 0.5) is 9.93 Å². The molecule has 5 N–H and O–H groups in total. The van der Waals surface area contributed by atoms with E-state index in [1.807, 2.05) is 51.3 Å². The van der Waals surface area contributed by atoms with Crippen LogP contribution in [0.3, 0.4) is 0 Å². The summed E-state index contributed by atoms with van der Waals surface area (Å²) in [6, 6.07) is 3.97. The normalized spacial score (nSPS) is 26.6. The van der Waals surface area contributed by atoms with E-state index in [2.05, 4.69) is 21.3 Å². The Kier molecular flexibility index (Phi) is 13.8. The molecule has 3 aromatic rings. The lowest BCUT2D eigenvalue weighted by molar-refractivity contribution is -0.145. The number of anilines is 1. The van der Waals surface area contributed by atoms with Crippen LogP contribution in [0.5, 0.6) is 11.5 Å². The zero-order valence-electron chi connectivity index (χ0n) is 36.6. The molecule has 18 nitrogen and oxygen atoms in total. The summed E-state index contributed by atoms with van der Waals surface area (Å²) >= 11 is 1.45. The Hall–Kier alpha value is -5.05. The fourth-order valence-electron chi connectivity index (χ4n) is 8.44. The number of thiazole rings is 1. The fraction of sp³-hybridized carbons (Fsp3) is 0.581. The molecule has 3 aliphatic heterocycles. The van der Waals surface area contributed by atoms with E-state index in [4.69, 9.17) is 19.4 Å². The molecule has 1 aliphatic carbocycles. The lowest BCUT2D eigenvalue weighted by Gasteiger charge is -2.31. The Morgan fingerprint density at radius 1 is 1.08 bits per heavy atom. The minimum absolute atomic E-state index is 0.0370. The zero-order valence-corrected chi connectivity index (χ0v) is 38.3. The second-order valence-corrected chi connectivity index (χ2v) is 20.5. The summed E-state index contributed by atoms with van der Waals surface area (Å²) in [5.74, 6) is -1.80. The summed E-state index contributed by atoms with van der Waals surface area (Å²) < 4.78 is 40.6. The number of carbonyl (C=O) groups is 4. The van der Waals surface area contributed by atoms with Gasteiger partial charge in [0.25, 0.3) is 10.2 Å². The van der Waals surface area contributed by atoms with E-state index in [1.165, 1.54) is 31.9 Å². The van der Waals surface area contributed by atoms with Gasteiger partial charge in [0.1, 0.15) is 40.9 Å². The molecule has 2 aromatic heterocycles. The highest BCUT2D eigenvalue weighted by molar-refractivity contribution is 7.87. The molecule has 63 heavy (non-hydrogen) atoms. The highest BCUT2D eigenvalue weighted by Gasteiger charge is 2.61. The molecule has 1 aromatic carbocycles. The molecule has 4 aliphatic rings. The van der Waals surface area contributed by atoms with Crippen LogP contribution in [0.2, 0.25) is 0 Å². The third kappa shape index (κ3) is 10.2. The smallest absolute Gasteiger partial charge is 0.330 e. The van der Waals surface area contributed by atoms with Gasteiger partial charge in [0, 0.05) is 74.0 Å². The first-order chi connectivity index (χ1) is 30.0. The molecule has 5 heterocycles. The molecule has 0 bridgehead atoms. The van der Waals surface area contributed by atoms with E-state index in [1.54, 1.807) is 25.3 Å². The maximum absolute atomic E-state index is 14.9. The Morgan fingerprint density at radius 3 is 2.57 bits per heavy atom. The Balaban J connectivity index is 1.18. The molecule has 3 fully saturated rings. The summed E-state index contributed by atoms with van der Waals surface area (Å²) in [5, 5.41) is 25.6. The third-order valence-corrected chi connectivity index (χ3v) is 15.0. The summed E-state index contributed by atoms with van der Waals surface area (Å²) in [4.78, 5) is 66.8. The Bertz CT molecular complexity index is 2340. The van der Waals surface area contributed by atoms with Crippen molar-refractivity contribution in [1.82, 2.24) is 39.4 Å². The van der Waals surface area contributed by atoms with Crippen LogP contribution < -0.4 is 30.7 Å². The molecular weight excluding hydrogens is 851 g/mol. The summed E-state index contributed by atoms with van der Waals surface area (Å²) in [7, 11) is -0.577. The van der Waals surface area contributed by atoms with Crippen molar-refractivity contribution >= 4 is 61.4 Å². The number of carboxylic acid groups (broad SMARTS) is 1. The zero-order chi connectivity index (χ0) is 45.2. The van der Waals surface area contributed by atoms with E-state index in [0.717, 1.165) is 18.0 Å². The van der Waals surface area contributed by atoms with Gasteiger partial charge in [-0.05, 0) is 57.6 Å². The number of carboxylic acids is 1. The molecule has 6 atom stereocenters. The van der Waals surface area contributed by atoms with Crippen molar-refractivity contribution in [1.29, 1.82) is 0 Å². The number of pyridine rings is 1. The standard InChI is InChI=1S/C43H59N9O9S2/c1-25(2)34(23-51-17-16-50(5)63(51,58)59)47-41(57)46-31-13-11-9-7-8-10-12-27-21-43(27,40(55)56)49-38(53)36-19-29(22-52(36)39(31)54)61-37-20-33(35-24-62-42(48-35)44-26(3)4)45-32-18-28(60-6)14-15-30(32)37/h10,12,14-15,18,20,24-27,29,31,34,36H,7-9,11,13,16-17,19,21-23H2,1-6H3,(H,44,48)(H,49,53)(H,55,56)(H2,46,47,57)/b12-10-/t27?,29-,31-,34-,36+,43-/m1/s1. The second-order valence-electron chi connectivity index (χ2n) is 17.6. The van der Waals surface area contributed by atoms with Crippen molar-refractivity contribution in [2.45, 2.75) is 108 Å². The minimum atomic E-state index is -3.66. The number of hydrogen-bond donors (Lipinski definition) is 5. The first-order valence-electron chi connectivity index (χ1n) is 21.7. The summed E-state index contributed by atoms with van der Waals surface area (Å²) in [6.07, 6.45) is 6.41. The van der Waals surface area contributed by atoms with Crippen molar-refractivity contribution in [3.05, 3.63) is 41.8 Å². The molecule has 0 radical (unpaired) electrons. The van der Waals surface area contributed by atoms with Gasteiger partial charge in [-0.3, -0.25) is 9.59 Å². The average molecular weight is 910 g/mol. The van der Waals surface area contributed by atoms with Gasteiger partial charge >= 0.3 is 12.0 Å². The van der Waals surface area contributed by atoms with Gasteiger partial charge in [0.15, 0.2) is 5.13 Å². The number of likely N-dealkylation sites (N-methyl/N-ethyl adjacent to an activating group) is 1. The predicted molar refractivity (Wildman–Crippen MR) is 239 cm³/mol. The number of rotatable bonds is 12. The second kappa shape index (κ2) is 19.0. The van der Waals surface area contributed by atoms with Gasteiger partial charge in [-0.1, -0.05) is 38.8 Å². The van der Waals surface area contributed by atoms with Crippen LogP contribution in [0.15, 0.2) is 41.8 Å². The summed E-state index contributed by atoms with van der Waals surface area (Å²) in [5.41, 5.74) is 0.241. The lowest BCUT2D eigenvalue weighted by Crippen LogP contribution is -2.58. The van der Waals surface area contributed by atoms with E-state index in [0.29, 0.717) is 59.7 Å². The number of aromatic nitrogens is 2. The largest absolute Gasteiger partial charge is 0.497 e. The molecule has 20 heteroatoms. The number of allylic oxidation sites excluding steroid dienone is 1. The van der Waals surface area contributed by atoms with E-state index in [9.17, 15) is 32.7 Å². The molecular formula is C43H59N9O9S2. The van der Waals surface area contributed by atoms with Crippen molar-refractivity contribution in [2.24, 2.45) is 11.8 Å². The molecule has 1 unspecified atom stereocenters. The first kappa shape index (κ1) is 46.0. The van der Waals surface area contributed by atoms with Gasteiger partial charge in [-0.25, -0.2) is 19.6 Å². The number of nitrogens with one attached hydrogen (secondary N) is 4. The molecule has 1 saturated carbocycles. The third-order valence-electron chi connectivity index (χ3n) is 12.3. The number of methoxy groups -OCH3 is 1.